The minimum Gasteiger partial charge on any atom is -0.493 e. The Hall–Kier alpha value is -1.55. The van der Waals surface area contributed by atoms with E-state index in [1.807, 2.05) is 18.2 Å². The van der Waals surface area contributed by atoms with Crippen LogP contribution >= 0.6 is 35.3 Å². The molecule has 6 nitrogen and oxygen atoms in total. The van der Waals surface area contributed by atoms with E-state index in [4.69, 9.17) is 14.5 Å². The molecule has 8 heteroatoms. The van der Waals surface area contributed by atoms with E-state index < -0.39 is 0 Å². The van der Waals surface area contributed by atoms with Crippen LogP contribution < -0.4 is 20.1 Å². The van der Waals surface area contributed by atoms with Gasteiger partial charge in [0.25, 0.3) is 0 Å². The fourth-order valence-electron chi connectivity index (χ4n) is 2.49. The number of hydrogen-bond acceptors (Lipinski definition) is 5. The molecule has 0 fully saturated rings. The third kappa shape index (κ3) is 7.12. The molecular weight excluding hydrogens is 487 g/mol. The van der Waals surface area contributed by atoms with E-state index in [2.05, 4.69) is 41.8 Å². The molecule has 0 saturated carbocycles. The molecule has 2 rings (SSSR count). The Morgan fingerprint density at radius 3 is 2.43 bits per heavy atom. The lowest BCUT2D eigenvalue weighted by atomic mass is 9.98. The summed E-state index contributed by atoms with van der Waals surface area (Å²) in [5.74, 6) is 2.25. The Balaban J connectivity index is 0.00000392. The number of rotatable bonds is 7. The van der Waals surface area contributed by atoms with Gasteiger partial charge in [0.2, 0.25) is 0 Å². The molecule has 0 radical (unpaired) electrons. The Bertz CT molecular complexity index is 772. The topological polar surface area (TPSA) is 67.8 Å². The summed E-state index contributed by atoms with van der Waals surface area (Å²) in [7, 11) is 5.06. The van der Waals surface area contributed by atoms with Crippen molar-refractivity contribution in [2.75, 3.05) is 27.8 Å². The highest BCUT2D eigenvalue weighted by Gasteiger charge is 2.17. The molecule has 156 valence electrons. The molecule has 0 aliphatic carbocycles. The highest BCUT2D eigenvalue weighted by molar-refractivity contribution is 14.0. The molecule has 0 atom stereocenters. The first-order chi connectivity index (χ1) is 12.9. The van der Waals surface area contributed by atoms with Gasteiger partial charge in [-0.3, -0.25) is 4.99 Å². The fourth-order valence-corrected chi connectivity index (χ4v) is 3.40. The van der Waals surface area contributed by atoms with Crippen LogP contribution in [0.1, 0.15) is 37.0 Å². The molecule has 0 aliphatic rings. The van der Waals surface area contributed by atoms with Crippen molar-refractivity contribution in [2.45, 2.75) is 39.2 Å². The largest absolute Gasteiger partial charge is 0.493 e. The molecule has 0 saturated heterocycles. The van der Waals surface area contributed by atoms with Gasteiger partial charge in [-0.1, -0.05) is 26.8 Å². The molecule has 0 bridgehead atoms. The van der Waals surface area contributed by atoms with Crippen molar-refractivity contribution in [3.05, 3.63) is 39.8 Å². The van der Waals surface area contributed by atoms with Crippen LogP contribution in [0, 0.1) is 0 Å². The lowest BCUT2D eigenvalue weighted by Crippen LogP contribution is -2.37. The zero-order valence-corrected chi connectivity index (χ0v) is 20.6. The summed E-state index contributed by atoms with van der Waals surface area (Å²) < 4.78 is 10.6. The van der Waals surface area contributed by atoms with Gasteiger partial charge in [-0.25, -0.2) is 4.98 Å². The smallest absolute Gasteiger partial charge is 0.191 e. The summed E-state index contributed by atoms with van der Waals surface area (Å²) in [6, 6.07) is 5.97. The Labute approximate surface area is 189 Å². The zero-order valence-electron chi connectivity index (χ0n) is 17.5. The number of thiazole rings is 1. The molecule has 0 amide bonds. The Morgan fingerprint density at radius 2 is 1.86 bits per heavy atom. The van der Waals surface area contributed by atoms with Crippen LogP contribution in [-0.2, 0) is 18.4 Å². The molecule has 1 heterocycles. The summed E-state index contributed by atoms with van der Waals surface area (Å²) in [5.41, 5.74) is 2.29. The van der Waals surface area contributed by atoms with Gasteiger partial charge in [0.05, 0.1) is 31.5 Å². The highest BCUT2D eigenvalue weighted by Crippen LogP contribution is 2.27. The van der Waals surface area contributed by atoms with Gasteiger partial charge in [-0.05, 0) is 24.1 Å². The second-order valence-corrected chi connectivity index (χ2v) is 8.04. The maximum Gasteiger partial charge on any atom is 0.191 e. The second-order valence-electron chi connectivity index (χ2n) is 7.19. The lowest BCUT2D eigenvalue weighted by molar-refractivity contribution is 0.354. The molecule has 1 aromatic heterocycles. The van der Waals surface area contributed by atoms with Crippen molar-refractivity contribution < 1.29 is 9.47 Å². The first-order valence-corrected chi connectivity index (χ1v) is 9.85. The Kier molecular flexibility index (Phi) is 10.0. The van der Waals surface area contributed by atoms with Crippen LogP contribution in [0.4, 0.5) is 0 Å². The first kappa shape index (κ1) is 24.5. The Morgan fingerprint density at radius 1 is 1.14 bits per heavy atom. The van der Waals surface area contributed by atoms with Crippen LogP contribution in [0.3, 0.4) is 0 Å². The number of nitrogens with one attached hydrogen (secondary N) is 2. The van der Waals surface area contributed by atoms with E-state index in [-0.39, 0.29) is 29.4 Å². The van der Waals surface area contributed by atoms with Gasteiger partial charge in [0.1, 0.15) is 0 Å². The van der Waals surface area contributed by atoms with E-state index in [9.17, 15) is 0 Å². The molecule has 2 N–H and O–H groups in total. The average Bonchev–Trinajstić information content (AvgIpc) is 3.13. The summed E-state index contributed by atoms with van der Waals surface area (Å²) in [4.78, 5) is 8.97. The zero-order chi connectivity index (χ0) is 19.9. The molecule has 28 heavy (non-hydrogen) atoms. The summed E-state index contributed by atoms with van der Waals surface area (Å²) in [6.45, 7) is 7.95. The number of aromatic nitrogens is 1. The molecular formula is C20H31IN4O2S. The van der Waals surface area contributed by atoms with Crippen molar-refractivity contribution >= 4 is 41.3 Å². The van der Waals surface area contributed by atoms with Gasteiger partial charge in [-0.15, -0.1) is 35.3 Å². The number of nitrogens with zero attached hydrogens (tertiary/aromatic N) is 2. The quantitative estimate of drug-likeness (QED) is 0.330. The lowest BCUT2D eigenvalue weighted by Gasteiger charge is -2.14. The molecule has 0 aliphatic heterocycles. The predicted molar refractivity (Wildman–Crippen MR) is 128 cm³/mol. The van der Waals surface area contributed by atoms with Crippen LogP contribution in [0.5, 0.6) is 11.5 Å². The third-order valence-corrected chi connectivity index (χ3v) is 5.32. The SMILES string of the molecule is CN=C(NCCc1ccc(OC)c(OC)c1)NCc1csc(C(C)(C)C)n1.I. The second kappa shape index (κ2) is 11.5. The summed E-state index contributed by atoms with van der Waals surface area (Å²) >= 11 is 1.70. The number of halogens is 1. The van der Waals surface area contributed by atoms with Crippen molar-refractivity contribution in [3.63, 3.8) is 0 Å². The normalized spacial score (nSPS) is 11.6. The van der Waals surface area contributed by atoms with Gasteiger partial charge < -0.3 is 20.1 Å². The van der Waals surface area contributed by atoms with Gasteiger partial charge in [0, 0.05) is 24.4 Å². The average molecular weight is 518 g/mol. The van der Waals surface area contributed by atoms with Crippen molar-refractivity contribution in [3.8, 4) is 11.5 Å². The summed E-state index contributed by atoms with van der Waals surface area (Å²) in [6.07, 6.45) is 0.853. The number of guanidine groups is 1. The first-order valence-electron chi connectivity index (χ1n) is 8.97. The van der Waals surface area contributed by atoms with Gasteiger partial charge in [0.15, 0.2) is 17.5 Å². The van der Waals surface area contributed by atoms with Crippen molar-refractivity contribution in [2.24, 2.45) is 4.99 Å². The van der Waals surface area contributed by atoms with E-state index in [1.165, 1.54) is 5.56 Å². The fraction of sp³-hybridized carbons (Fsp3) is 0.500. The highest BCUT2D eigenvalue weighted by atomic mass is 127. The minimum absolute atomic E-state index is 0. The maximum absolute atomic E-state index is 5.35. The van der Waals surface area contributed by atoms with E-state index >= 15 is 0 Å². The van der Waals surface area contributed by atoms with Crippen LogP contribution in [0.25, 0.3) is 0 Å². The van der Waals surface area contributed by atoms with Gasteiger partial charge in [-0.2, -0.15) is 0 Å². The van der Waals surface area contributed by atoms with Crippen molar-refractivity contribution in [1.29, 1.82) is 0 Å². The number of methoxy groups -OCH3 is 2. The van der Waals surface area contributed by atoms with Crippen LogP contribution in [0.15, 0.2) is 28.6 Å². The third-order valence-electron chi connectivity index (χ3n) is 4.01. The van der Waals surface area contributed by atoms with E-state index in [0.717, 1.165) is 41.1 Å². The monoisotopic (exact) mass is 518 g/mol. The predicted octanol–water partition coefficient (Wildman–Crippen LogP) is 3.98. The maximum atomic E-state index is 5.35. The number of aliphatic imine (C=N–C) groups is 1. The van der Waals surface area contributed by atoms with Gasteiger partial charge >= 0.3 is 0 Å². The van der Waals surface area contributed by atoms with E-state index in [0.29, 0.717) is 6.54 Å². The number of hydrogen-bond donors (Lipinski definition) is 2. The number of benzene rings is 1. The molecule has 0 unspecified atom stereocenters. The minimum atomic E-state index is 0. The van der Waals surface area contributed by atoms with E-state index in [1.54, 1.807) is 32.6 Å². The van der Waals surface area contributed by atoms with Crippen LogP contribution in [-0.4, -0.2) is 38.8 Å². The summed E-state index contributed by atoms with van der Waals surface area (Å²) in [5, 5.41) is 9.90. The van der Waals surface area contributed by atoms with Crippen molar-refractivity contribution in [1.82, 2.24) is 15.6 Å². The molecule has 0 spiro atoms. The molecule has 1 aromatic carbocycles. The standard InChI is InChI=1S/C20H30N4O2S.HI/c1-20(2,3)18-24-15(13-27-18)12-23-19(21-4)22-10-9-14-7-8-16(25-5)17(11-14)26-6;/h7-8,11,13H,9-10,12H2,1-6H3,(H2,21,22,23);1H. The van der Waals surface area contributed by atoms with Crippen LogP contribution in [0.2, 0.25) is 0 Å². The molecule has 2 aromatic rings. The number of ether oxygens (including phenoxy) is 2.